The number of amides is 1. The highest BCUT2D eigenvalue weighted by atomic mass is 16.5. The largest absolute Gasteiger partial charge is 0.497 e. The van der Waals surface area contributed by atoms with Crippen LogP contribution < -0.4 is 10.1 Å². The lowest BCUT2D eigenvalue weighted by Crippen LogP contribution is -2.52. The first-order chi connectivity index (χ1) is 14.2. The van der Waals surface area contributed by atoms with Gasteiger partial charge >= 0.3 is 0 Å². The van der Waals surface area contributed by atoms with Crippen molar-refractivity contribution < 1.29 is 9.53 Å². The molecular formula is C26H38N2O2. The molecular weight excluding hydrogens is 372 g/mol. The number of rotatable bonds is 7. The van der Waals surface area contributed by atoms with Gasteiger partial charge in [-0.25, -0.2) is 0 Å². The summed E-state index contributed by atoms with van der Waals surface area (Å²) in [6, 6.07) is 6.40. The van der Waals surface area contributed by atoms with Crippen LogP contribution in [0.3, 0.4) is 0 Å². The molecule has 4 rings (SSSR count). The van der Waals surface area contributed by atoms with E-state index in [-0.39, 0.29) is 22.8 Å². The van der Waals surface area contributed by atoms with Crippen LogP contribution in [0, 0.1) is 23.7 Å². The number of nitrogens with zero attached hydrogens (tertiary/aromatic N) is 1. The van der Waals surface area contributed by atoms with Gasteiger partial charge < -0.3 is 14.6 Å². The van der Waals surface area contributed by atoms with E-state index in [1.807, 2.05) is 6.07 Å². The van der Waals surface area contributed by atoms with Crippen molar-refractivity contribution in [2.24, 2.45) is 16.7 Å². The maximum absolute atomic E-state index is 13.7. The fourth-order valence-electron chi connectivity index (χ4n) is 6.54. The van der Waals surface area contributed by atoms with Gasteiger partial charge in [0.25, 0.3) is 5.91 Å². The molecule has 0 saturated heterocycles. The molecule has 1 aromatic carbocycles. The number of aryl methyl sites for hydroxylation is 2. The Labute approximate surface area is 181 Å². The summed E-state index contributed by atoms with van der Waals surface area (Å²) >= 11 is 0. The maximum Gasteiger partial charge on any atom is 0.268 e. The minimum atomic E-state index is 0.0889. The SMILES string of the molecule is CCCCCn1c(C(=O)NC2C(C)(C)C3CC[C@@]2(C)C3)c(C)c2cc(OC)ccc21. The zero-order valence-electron chi connectivity index (χ0n) is 19.6. The number of hydrogen-bond donors (Lipinski definition) is 1. The molecule has 4 heteroatoms. The van der Waals surface area contributed by atoms with Crippen molar-refractivity contribution in [2.45, 2.75) is 85.7 Å². The summed E-state index contributed by atoms with van der Waals surface area (Å²) in [5.41, 5.74) is 3.40. The molecule has 4 nitrogen and oxygen atoms in total. The number of benzene rings is 1. The van der Waals surface area contributed by atoms with Gasteiger partial charge in [0.1, 0.15) is 11.4 Å². The van der Waals surface area contributed by atoms with E-state index in [2.05, 4.69) is 56.6 Å². The van der Waals surface area contributed by atoms with Crippen molar-refractivity contribution in [1.82, 2.24) is 9.88 Å². The first-order valence-electron chi connectivity index (χ1n) is 11.7. The van der Waals surface area contributed by atoms with Crippen molar-refractivity contribution in [3.05, 3.63) is 29.5 Å². The van der Waals surface area contributed by atoms with Crippen LogP contribution >= 0.6 is 0 Å². The van der Waals surface area contributed by atoms with Gasteiger partial charge in [-0.05, 0) is 73.1 Å². The molecule has 1 aromatic heterocycles. The van der Waals surface area contributed by atoms with E-state index in [1.54, 1.807) is 7.11 Å². The Morgan fingerprint density at radius 1 is 1.27 bits per heavy atom. The molecule has 164 valence electrons. The number of fused-ring (bicyclic) bond motifs is 3. The molecule has 0 radical (unpaired) electrons. The van der Waals surface area contributed by atoms with Gasteiger partial charge in [0.05, 0.1) is 7.11 Å². The van der Waals surface area contributed by atoms with Crippen LogP contribution in [-0.4, -0.2) is 23.6 Å². The molecule has 1 heterocycles. The molecule has 2 aliphatic rings. The minimum absolute atomic E-state index is 0.0889. The van der Waals surface area contributed by atoms with Crippen molar-refractivity contribution >= 4 is 16.8 Å². The van der Waals surface area contributed by atoms with E-state index in [4.69, 9.17) is 4.74 Å². The quantitative estimate of drug-likeness (QED) is 0.561. The van der Waals surface area contributed by atoms with Gasteiger partial charge in [-0.2, -0.15) is 0 Å². The third-order valence-corrected chi connectivity index (χ3v) is 8.27. The van der Waals surface area contributed by atoms with Gasteiger partial charge in [0.2, 0.25) is 0 Å². The zero-order chi connectivity index (χ0) is 21.7. The van der Waals surface area contributed by atoms with Crippen LogP contribution in [0.4, 0.5) is 0 Å². The van der Waals surface area contributed by atoms with Crippen LogP contribution in [0.25, 0.3) is 10.9 Å². The molecule has 2 aromatic rings. The lowest BCUT2D eigenvalue weighted by molar-refractivity contribution is 0.0729. The number of carbonyl (C=O) groups is 1. The highest BCUT2D eigenvalue weighted by molar-refractivity contribution is 6.02. The molecule has 1 amide bonds. The number of ether oxygens (including phenoxy) is 1. The van der Waals surface area contributed by atoms with Crippen molar-refractivity contribution in [2.75, 3.05) is 7.11 Å². The van der Waals surface area contributed by atoms with Gasteiger partial charge in [-0.15, -0.1) is 0 Å². The summed E-state index contributed by atoms with van der Waals surface area (Å²) in [5, 5.41) is 4.65. The maximum atomic E-state index is 13.7. The standard InChI is InChI=1S/C26H38N2O2/c1-7-8-9-14-28-21-11-10-19(30-6)15-20(21)17(2)22(28)23(29)27-24-25(3,4)18-12-13-26(24,5)16-18/h10-11,15,18,24H,7-9,12-14,16H2,1-6H3,(H,27,29)/t18?,24?,26-/m0/s1. The zero-order valence-corrected chi connectivity index (χ0v) is 19.6. The lowest BCUT2D eigenvalue weighted by Gasteiger charge is -2.43. The van der Waals surface area contributed by atoms with Crippen LogP contribution in [0.5, 0.6) is 5.75 Å². The normalized spacial score (nSPS) is 27.0. The number of carbonyl (C=O) groups excluding carboxylic acids is 1. The van der Waals surface area contributed by atoms with Crippen molar-refractivity contribution in [3.63, 3.8) is 0 Å². The molecule has 2 saturated carbocycles. The molecule has 2 bridgehead atoms. The Hall–Kier alpha value is -1.97. The highest BCUT2D eigenvalue weighted by Gasteiger charge is 2.59. The Balaban J connectivity index is 1.72. The molecule has 3 atom stereocenters. The van der Waals surface area contributed by atoms with E-state index in [0.29, 0.717) is 5.92 Å². The second kappa shape index (κ2) is 7.62. The third-order valence-electron chi connectivity index (χ3n) is 8.27. The van der Waals surface area contributed by atoms with Crippen LogP contribution in [-0.2, 0) is 6.54 Å². The number of nitrogens with one attached hydrogen (secondary N) is 1. The van der Waals surface area contributed by atoms with Crippen molar-refractivity contribution in [1.29, 1.82) is 0 Å². The smallest absolute Gasteiger partial charge is 0.268 e. The predicted molar refractivity (Wildman–Crippen MR) is 123 cm³/mol. The Kier molecular flexibility index (Phi) is 5.40. The average molecular weight is 411 g/mol. The van der Waals surface area contributed by atoms with Crippen LogP contribution in [0.2, 0.25) is 0 Å². The highest BCUT2D eigenvalue weighted by Crippen LogP contribution is 2.62. The van der Waals surface area contributed by atoms with Gasteiger partial charge in [0, 0.05) is 23.5 Å². The number of unbranched alkanes of at least 4 members (excludes halogenated alkanes) is 2. The summed E-state index contributed by atoms with van der Waals surface area (Å²) in [7, 11) is 1.69. The first-order valence-corrected chi connectivity index (χ1v) is 11.7. The number of methoxy groups -OCH3 is 1. The predicted octanol–water partition coefficient (Wildman–Crippen LogP) is 6.09. The van der Waals surface area contributed by atoms with Gasteiger partial charge in [0.15, 0.2) is 0 Å². The van der Waals surface area contributed by atoms with Crippen molar-refractivity contribution in [3.8, 4) is 5.75 Å². The Morgan fingerprint density at radius 3 is 2.67 bits per heavy atom. The molecule has 30 heavy (non-hydrogen) atoms. The van der Waals surface area contributed by atoms with Crippen LogP contribution in [0.15, 0.2) is 18.2 Å². The molecule has 0 spiro atoms. The van der Waals surface area contributed by atoms with E-state index >= 15 is 0 Å². The second-order valence-electron chi connectivity index (χ2n) is 10.5. The molecule has 0 aliphatic heterocycles. The van der Waals surface area contributed by atoms with Crippen LogP contribution in [0.1, 0.15) is 82.3 Å². The fourth-order valence-corrected chi connectivity index (χ4v) is 6.54. The molecule has 1 N–H and O–H groups in total. The third kappa shape index (κ3) is 3.23. The Morgan fingerprint density at radius 2 is 2.03 bits per heavy atom. The summed E-state index contributed by atoms with van der Waals surface area (Å²) in [4.78, 5) is 13.7. The second-order valence-corrected chi connectivity index (χ2v) is 10.5. The summed E-state index contributed by atoms with van der Waals surface area (Å²) in [6.07, 6.45) is 7.18. The first kappa shape index (κ1) is 21.3. The van der Waals surface area contributed by atoms with Gasteiger partial charge in [-0.1, -0.05) is 40.5 Å². The van der Waals surface area contributed by atoms with Gasteiger partial charge in [-0.3, -0.25) is 4.79 Å². The number of hydrogen-bond acceptors (Lipinski definition) is 2. The van der Waals surface area contributed by atoms with E-state index in [0.717, 1.165) is 40.9 Å². The molecule has 2 fully saturated rings. The number of aromatic nitrogens is 1. The minimum Gasteiger partial charge on any atom is -0.497 e. The summed E-state index contributed by atoms with van der Waals surface area (Å²) in [6.45, 7) is 12.3. The lowest BCUT2D eigenvalue weighted by atomic mass is 9.68. The fraction of sp³-hybridized carbons (Fsp3) is 0.654. The van der Waals surface area contributed by atoms with E-state index in [1.165, 1.54) is 32.1 Å². The monoisotopic (exact) mass is 410 g/mol. The Bertz CT molecular complexity index is 953. The summed E-state index contributed by atoms with van der Waals surface area (Å²) < 4.78 is 7.70. The molecule has 2 aliphatic carbocycles. The van der Waals surface area contributed by atoms with E-state index < -0.39 is 0 Å². The molecule has 2 unspecified atom stereocenters. The topological polar surface area (TPSA) is 43.3 Å². The average Bonchev–Trinajstić information content (AvgIpc) is 3.30. The summed E-state index contributed by atoms with van der Waals surface area (Å²) in [5.74, 6) is 1.64. The van der Waals surface area contributed by atoms with E-state index in [9.17, 15) is 4.79 Å².